The average molecular weight is 458 g/mol. The Hall–Kier alpha value is -2.23. The van der Waals surface area contributed by atoms with Crippen LogP contribution in [0.2, 0.25) is 0 Å². The van der Waals surface area contributed by atoms with Gasteiger partial charge in [-0.3, -0.25) is 9.11 Å². The lowest BCUT2D eigenvalue weighted by Crippen LogP contribution is -2.06. The van der Waals surface area contributed by atoms with Gasteiger partial charge in [-0.2, -0.15) is 16.8 Å². The van der Waals surface area contributed by atoms with Crippen molar-refractivity contribution >= 4 is 64.6 Å². The number of aromatic hydroxyl groups is 1. The van der Waals surface area contributed by atoms with Crippen LogP contribution < -0.4 is 0 Å². The number of phenolic OH excluding ortho intramolecular Hbond substituents is 1. The fraction of sp³-hybridized carbons (Fsp3) is 0. The van der Waals surface area contributed by atoms with E-state index in [-0.39, 0.29) is 37.6 Å². The minimum absolute atomic E-state index is 0.0196. The van der Waals surface area contributed by atoms with Crippen LogP contribution in [0.1, 0.15) is 0 Å². The van der Waals surface area contributed by atoms with Crippen LogP contribution in [-0.4, -0.2) is 36.3 Å². The molecule has 0 amide bonds. The molecule has 29 heavy (non-hydrogen) atoms. The van der Waals surface area contributed by atoms with E-state index in [0.29, 0.717) is 23.5 Å². The molecule has 13 heteroatoms. The highest BCUT2D eigenvalue weighted by molar-refractivity contribution is 7.94. The summed E-state index contributed by atoms with van der Waals surface area (Å²) in [5.74, 6) is -0.249. The molecule has 4 aromatic rings. The summed E-state index contributed by atoms with van der Waals surface area (Å²) >= 11 is 0.539. The van der Waals surface area contributed by atoms with Gasteiger partial charge >= 0.3 is 0 Å². The van der Waals surface area contributed by atoms with E-state index < -0.39 is 30.0 Å². The summed E-state index contributed by atoms with van der Waals surface area (Å²) in [6.07, 6.45) is 0. The lowest BCUT2D eigenvalue weighted by molar-refractivity contribution is -0.432. The minimum atomic E-state index is -4.87. The minimum Gasteiger partial charge on any atom is -0.507 e. The van der Waals surface area contributed by atoms with Gasteiger partial charge in [-0.15, -0.1) is 4.33 Å². The smallest absolute Gasteiger partial charge is 0.295 e. The van der Waals surface area contributed by atoms with Crippen molar-refractivity contribution < 1.29 is 45.7 Å². The Kier molecular flexibility index (Phi) is 4.60. The number of phenols is 1. The maximum absolute atomic E-state index is 11.9. The molecule has 0 bridgehead atoms. The van der Waals surface area contributed by atoms with Gasteiger partial charge in [0.05, 0.1) is 16.9 Å². The third-order valence-corrected chi connectivity index (χ3v) is 6.91. The van der Waals surface area contributed by atoms with E-state index in [1.165, 1.54) is 30.3 Å². The van der Waals surface area contributed by atoms with Crippen molar-refractivity contribution in [2.24, 2.45) is 0 Å². The van der Waals surface area contributed by atoms with E-state index in [9.17, 15) is 31.0 Å². The maximum atomic E-state index is 11.9. The van der Waals surface area contributed by atoms with Crippen LogP contribution >= 0.6 is 12.0 Å². The molecule has 4 N–H and O–H groups in total. The van der Waals surface area contributed by atoms with Gasteiger partial charge in [-0.25, -0.2) is 5.26 Å². The lowest BCUT2D eigenvalue weighted by Gasteiger charge is -2.17. The van der Waals surface area contributed by atoms with Gasteiger partial charge in [0.25, 0.3) is 20.2 Å². The van der Waals surface area contributed by atoms with Crippen LogP contribution in [0.3, 0.4) is 0 Å². The Labute approximate surface area is 167 Å². The van der Waals surface area contributed by atoms with Gasteiger partial charge in [0.2, 0.25) is 0 Å². The molecule has 0 aliphatic heterocycles. The van der Waals surface area contributed by atoms with Crippen LogP contribution in [0, 0.1) is 0 Å². The third kappa shape index (κ3) is 3.17. The predicted octanol–water partition coefficient (Wildman–Crippen LogP) is 3.21. The molecule has 10 nitrogen and oxygen atoms in total. The molecule has 152 valence electrons. The molecule has 4 rings (SSSR count). The normalized spacial score (nSPS) is 13.1. The van der Waals surface area contributed by atoms with Crippen LogP contribution in [0.25, 0.3) is 32.3 Å². The Morgan fingerprint density at radius 3 is 1.76 bits per heavy atom. The highest BCUT2D eigenvalue weighted by Crippen LogP contribution is 2.45. The van der Waals surface area contributed by atoms with Crippen LogP contribution in [0.4, 0.5) is 0 Å². The monoisotopic (exact) mass is 458 g/mol. The first-order valence-electron chi connectivity index (χ1n) is 7.61. The highest BCUT2D eigenvalue weighted by atomic mass is 32.2. The molecule has 0 aromatic heterocycles. The van der Waals surface area contributed by atoms with E-state index in [1.54, 1.807) is 0 Å². The van der Waals surface area contributed by atoms with Gasteiger partial charge in [0, 0.05) is 26.9 Å². The first-order valence-corrected chi connectivity index (χ1v) is 11.2. The quantitative estimate of drug-likeness (QED) is 0.114. The number of hydrogen-bond donors (Lipinski definition) is 4. The summed E-state index contributed by atoms with van der Waals surface area (Å²) in [6, 6.07) is 7.49. The Morgan fingerprint density at radius 1 is 0.759 bits per heavy atom. The number of hydrogen-bond acceptors (Lipinski definition) is 9. The Morgan fingerprint density at radius 2 is 1.24 bits per heavy atom. The number of benzene rings is 4. The first-order chi connectivity index (χ1) is 13.5. The maximum Gasteiger partial charge on any atom is 0.295 e. The van der Waals surface area contributed by atoms with Crippen LogP contribution in [0.5, 0.6) is 5.75 Å². The molecule has 0 unspecified atom stereocenters. The molecule has 0 saturated carbocycles. The third-order valence-electron chi connectivity index (χ3n) is 4.47. The van der Waals surface area contributed by atoms with Gasteiger partial charge in [0.15, 0.2) is 0 Å². The molecular formula is C16H10O10S3. The Bertz CT molecular complexity index is 1440. The molecule has 4 aromatic carbocycles. The molecule has 0 fully saturated rings. The molecule has 0 spiro atoms. The number of rotatable bonds is 5. The second-order valence-corrected chi connectivity index (χ2v) is 9.54. The summed E-state index contributed by atoms with van der Waals surface area (Å²) in [5.41, 5.74) is 0. The first kappa shape index (κ1) is 20.1. The summed E-state index contributed by atoms with van der Waals surface area (Å²) in [6.45, 7) is 0. The van der Waals surface area contributed by atoms with E-state index in [2.05, 4.69) is 9.37 Å². The fourth-order valence-corrected chi connectivity index (χ4v) is 5.45. The molecule has 0 saturated heterocycles. The van der Waals surface area contributed by atoms with Crippen molar-refractivity contribution in [1.29, 1.82) is 0 Å². The largest absolute Gasteiger partial charge is 0.507 e. The zero-order valence-electron chi connectivity index (χ0n) is 13.9. The van der Waals surface area contributed by atoms with Crippen molar-refractivity contribution in [3.63, 3.8) is 0 Å². The Balaban J connectivity index is 2.32. The van der Waals surface area contributed by atoms with Gasteiger partial charge in [0.1, 0.15) is 15.5 Å². The highest BCUT2D eigenvalue weighted by Gasteiger charge is 2.26. The van der Waals surface area contributed by atoms with E-state index >= 15 is 0 Å². The summed E-state index contributed by atoms with van der Waals surface area (Å²) < 4.78 is 71.2. The lowest BCUT2D eigenvalue weighted by atomic mass is 9.94. The molecule has 0 aliphatic carbocycles. The van der Waals surface area contributed by atoms with Gasteiger partial charge in [-0.05, 0) is 23.6 Å². The fourth-order valence-electron chi connectivity index (χ4n) is 3.43. The van der Waals surface area contributed by atoms with Crippen molar-refractivity contribution in [2.45, 2.75) is 14.7 Å². The van der Waals surface area contributed by atoms with Crippen LogP contribution in [0.15, 0.2) is 51.1 Å². The van der Waals surface area contributed by atoms with Gasteiger partial charge in [-0.1, -0.05) is 23.2 Å². The van der Waals surface area contributed by atoms with Crippen molar-refractivity contribution in [2.75, 3.05) is 0 Å². The summed E-state index contributed by atoms with van der Waals surface area (Å²) in [4.78, 5) is -1.19. The van der Waals surface area contributed by atoms with E-state index in [4.69, 9.17) is 5.26 Å². The van der Waals surface area contributed by atoms with Crippen LogP contribution in [-0.2, 0) is 29.6 Å². The molecular weight excluding hydrogens is 448 g/mol. The SMILES string of the molecule is O=S(=O)(O)c1cc(S(=O)(=O)O)c2ccc3c(SOOO)cc(O)c4ccc1c2c43. The molecule has 0 heterocycles. The zero-order valence-corrected chi connectivity index (χ0v) is 16.4. The topological polar surface area (TPSA) is 168 Å². The average Bonchev–Trinajstić information content (AvgIpc) is 2.63. The summed E-state index contributed by atoms with van der Waals surface area (Å²) in [7, 11) is -9.73. The second kappa shape index (κ2) is 6.65. The van der Waals surface area contributed by atoms with Crippen molar-refractivity contribution in [3.8, 4) is 5.75 Å². The standard InChI is InChI=1S/C16H10O10S3/c17-11-5-12(27-26-25-18)8-2-4-10-14(29(22,23)24)6-13(28(19,20)21)9-3-1-7(11)15(8)16(9)10/h1-6,17-18H,(H,19,20,21)(H,22,23,24). The summed E-state index contributed by atoms with van der Waals surface area (Å²) in [5, 5.41) is 23.3. The van der Waals surface area contributed by atoms with Gasteiger partial charge < -0.3 is 5.11 Å². The predicted molar refractivity (Wildman–Crippen MR) is 102 cm³/mol. The van der Waals surface area contributed by atoms with E-state index in [1.807, 2.05) is 0 Å². The molecule has 0 aliphatic rings. The van der Waals surface area contributed by atoms with Crippen molar-refractivity contribution in [3.05, 3.63) is 36.4 Å². The second-order valence-electron chi connectivity index (χ2n) is 6.01. The zero-order chi connectivity index (χ0) is 21.1. The molecule has 0 radical (unpaired) electrons. The molecule has 0 atom stereocenters. The van der Waals surface area contributed by atoms with E-state index in [0.717, 1.165) is 0 Å². The van der Waals surface area contributed by atoms with Crippen molar-refractivity contribution in [1.82, 2.24) is 0 Å².